The Hall–Kier alpha value is -3.14. The van der Waals surface area contributed by atoms with Crippen molar-refractivity contribution >= 4 is 28.3 Å². The van der Waals surface area contributed by atoms with E-state index in [2.05, 4.69) is 5.32 Å². The Morgan fingerprint density at radius 3 is 2.42 bits per heavy atom. The standard InChI is InChI=1S/C22H22N2O2/c1-15-8-6-13-20(16(15)2)23-21(25)14-24(3)22(26)19-12-7-10-17-9-4-5-11-18(17)19/h4-13H,14H2,1-3H3,(H,23,25). The van der Waals surface area contributed by atoms with Gasteiger partial charge in [0.1, 0.15) is 0 Å². The van der Waals surface area contributed by atoms with Gasteiger partial charge in [0, 0.05) is 18.3 Å². The third-order valence-corrected chi connectivity index (χ3v) is 4.63. The van der Waals surface area contributed by atoms with Gasteiger partial charge in [0.15, 0.2) is 0 Å². The summed E-state index contributed by atoms with van der Waals surface area (Å²) in [5.41, 5.74) is 3.53. The minimum absolute atomic E-state index is 0.00453. The maximum absolute atomic E-state index is 12.8. The van der Waals surface area contributed by atoms with Crippen molar-refractivity contribution in [1.82, 2.24) is 4.90 Å². The topological polar surface area (TPSA) is 49.4 Å². The summed E-state index contributed by atoms with van der Waals surface area (Å²) in [4.78, 5) is 26.6. The van der Waals surface area contributed by atoms with Crippen LogP contribution < -0.4 is 5.32 Å². The lowest BCUT2D eigenvalue weighted by Crippen LogP contribution is -2.35. The van der Waals surface area contributed by atoms with E-state index in [1.165, 1.54) is 4.90 Å². The number of hydrogen-bond acceptors (Lipinski definition) is 2. The largest absolute Gasteiger partial charge is 0.332 e. The first-order valence-corrected chi connectivity index (χ1v) is 8.56. The van der Waals surface area contributed by atoms with E-state index in [9.17, 15) is 9.59 Å². The van der Waals surface area contributed by atoms with Crippen molar-refractivity contribution in [3.05, 3.63) is 77.4 Å². The van der Waals surface area contributed by atoms with Crippen LogP contribution in [0.3, 0.4) is 0 Å². The zero-order chi connectivity index (χ0) is 18.7. The third kappa shape index (κ3) is 3.59. The molecule has 132 valence electrons. The highest BCUT2D eigenvalue weighted by Crippen LogP contribution is 2.20. The van der Waals surface area contributed by atoms with Crippen LogP contribution >= 0.6 is 0 Å². The average Bonchev–Trinajstić information content (AvgIpc) is 2.64. The van der Waals surface area contributed by atoms with Gasteiger partial charge in [-0.1, -0.05) is 48.5 Å². The summed E-state index contributed by atoms with van der Waals surface area (Å²) in [5, 5.41) is 4.79. The number of hydrogen-bond donors (Lipinski definition) is 1. The minimum atomic E-state index is -0.213. The predicted octanol–water partition coefficient (Wildman–Crippen LogP) is 4.17. The number of fused-ring (bicyclic) bond motifs is 1. The Labute approximate surface area is 153 Å². The summed E-state index contributed by atoms with van der Waals surface area (Å²) in [6, 6.07) is 19.1. The van der Waals surface area contributed by atoms with Gasteiger partial charge in [0.2, 0.25) is 5.91 Å². The van der Waals surface area contributed by atoms with Gasteiger partial charge >= 0.3 is 0 Å². The Morgan fingerprint density at radius 1 is 0.923 bits per heavy atom. The van der Waals surface area contributed by atoms with E-state index in [1.54, 1.807) is 13.1 Å². The van der Waals surface area contributed by atoms with Crippen LogP contribution in [0.25, 0.3) is 10.8 Å². The molecule has 0 aliphatic carbocycles. The minimum Gasteiger partial charge on any atom is -0.332 e. The number of benzene rings is 3. The first kappa shape index (κ1) is 17.7. The van der Waals surface area contributed by atoms with Crippen LogP contribution in [0.2, 0.25) is 0 Å². The van der Waals surface area contributed by atoms with Crippen molar-refractivity contribution in [3.8, 4) is 0 Å². The molecule has 3 rings (SSSR count). The van der Waals surface area contributed by atoms with Gasteiger partial charge in [-0.05, 0) is 47.9 Å². The van der Waals surface area contributed by atoms with Gasteiger partial charge in [-0.2, -0.15) is 0 Å². The van der Waals surface area contributed by atoms with Crippen LogP contribution in [0.5, 0.6) is 0 Å². The fourth-order valence-corrected chi connectivity index (χ4v) is 2.98. The maximum Gasteiger partial charge on any atom is 0.254 e. The van der Waals surface area contributed by atoms with Gasteiger partial charge in [-0.3, -0.25) is 9.59 Å². The Bertz CT molecular complexity index is 974. The van der Waals surface area contributed by atoms with Crippen molar-refractivity contribution < 1.29 is 9.59 Å². The summed E-state index contributed by atoms with van der Waals surface area (Å²) in [7, 11) is 1.65. The molecule has 4 nitrogen and oxygen atoms in total. The molecule has 0 unspecified atom stereocenters. The van der Waals surface area contributed by atoms with Crippen LogP contribution in [0.4, 0.5) is 5.69 Å². The first-order chi connectivity index (χ1) is 12.5. The molecule has 0 radical (unpaired) electrons. The molecule has 0 fully saturated rings. The van der Waals surface area contributed by atoms with E-state index in [0.29, 0.717) is 5.56 Å². The highest BCUT2D eigenvalue weighted by Gasteiger charge is 2.17. The fraction of sp³-hybridized carbons (Fsp3) is 0.182. The molecule has 1 N–H and O–H groups in total. The molecule has 4 heteroatoms. The molecule has 3 aromatic rings. The van der Waals surface area contributed by atoms with Crippen molar-refractivity contribution in [2.75, 3.05) is 18.9 Å². The second-order valence-corrected chi connectivity index (χ2v) is 6.48. The number of rotatable bonds is 4. The molecule has 0 aliphatic heterocycles. The number of carbonyl (C=O) groups is 2. The summed E-state index contributed by atoms with van der Waals surface area (Å²) < 4.78 is 0. The molecule has 0 aromatic heterocycles. The Kier molecular flexibility index (Phi) is 5.03. The monoisotopic (exact) mass is 346 g/mol. The molecular formula is C22H22N2O2. The summed E-state index contributed by atoms with van der Waals surface area (Å²) in [5.74, 6) is -0.382. The summed E-state index contributed by atoms with van der Waals surface area (Å²) >= 11 is 0. The van der Waals surface area contributed by atoms with Crippen LogP contribution in [-0.2, 0) is 4.79 Å². The molecule has 0 bridgehead atoms. The number of carbonyl (C=O) groups excluding carboxylic acids is 2. The van der Waals surface area contributed by atoms with Crippen molar-refractivity contribution in [2.24, 2.45) is 0 Å². The smallest absolute Gasteiger partial charge is 0.254 e. The molecule has 0 spiro atoms. The lowest BCUT2D eigenvalue weighted by atomic mass is 10.0. The maximum atomic E-state index is 12.8. The van der Waals surface area contributed by atoms with Gasteiger partial charge < -0.3 is 10.2 Å². The molecule has 0 atom stereocenters. The molecule has 0 heterocycles. The third-order valence-electron chi connectivity index (χ3n) is 4.63. The van der Waals surface area contributed by atoms with E-state index in [1.807, 2.05) is 68.4 Å². The molecule has 2 amide bonds. The van der Waals surface area contributed by atoms with E-state index >= 15 is 0 Å². The first-order valence-electron chi connectivity index (χ1n) is 8.56. The Morgan fingerprint density at radius 2 is 1.62 bits per heavy atom. The number of nitrogens with one attached hydrogen (secondary N) is 1. The SMILES string of the molecule is Cc1cccc(NC(=O)CN(C)C(=O)c2cccc3ccccc23)c1C. The Balaban J connectivity index is 1.74. The lowest BCUT2D eigenvalue weighted by Gasteiger charge is -2.18. The van der Waals surface area contributed by atoms with Gasteiger partial charge in [-0.25, -0.2) is 0 Å². The van der Waals surface area contributed by atoms with Gasteiger partial charge in [0.25, 0.3) is 5.91 Å². The molecule has 0 saturated carbocycles. The normalized spacial score (nSPS) is 10.6. The molecule has 3 aromatic carbocycles. The highest BCUT2D eigenvalue weighted by atomic mass is 16.2. The van der Waals surface area contributed by atoms with Crippen LogP contribution in [0.1, 0.15) is 21.5 Å². The lowest BCUT2D eigenvalue weighted by molar-refractivity contribution is -0.116. The van der Waals surface area contributed by atoms with Crippen LogP contribution in [0, 0.1) is 13.8 Å². The number of anilines is 1. The van der Waals surface area contributed by atoms with E-state index in [0.717, 1.165) is 27.6 Å². The van der Waals surface area contributed by atoms with Gasteiger partial charge in [-0.15, -0.1) is 0 Å². The average molecular weight is 346 g/mol. The predicted molar refractivity (Wildman–Crippen MR) is 105 cm³/mol. The molecular weight excluding hydrogens is 324 g/mol. The zero-order valence-corrected chi connectivity index (χ0v) is 15.2. The van der Waals surface area contributed by atoms with E-state index < -0.39 is 0 Å². The fourth-order valence-electron chi connectivity index (χ4n) is 2.98. The highest BCUT2D eigenvalue weighted by molar-refractivity contribution is 6.08. The van der Waals surface area contributed by atoms with Crippen LogP contribution in [-0.4, -0.2) is 30.3 Å². The molecule has 0 saturated heterocycles. The van der Waals surface area contributed by atoms with Crippen LogP contribution in [0.15, 0.2) is 60.7 Å². The second kappa shape index (κ2) is 7.40. The zero-order valence-electron chi connectivity index (χ0n) is 15.2. The molecule has 26 heavy (non-hydrogen) atoms. The van der Waals surface area contributed by atoms with E-state index in [-0.39, 0.29) is 18.4 Å². The second-order valence-electron chi connectivity index (χ2n) is 6.48. The van der Waals surface area contributed by atoms with Crippen molar-refractivity contribution in [1.29, 1.82) is 0 Å². The number of aryl methyl sites for hydroxylation is 1. The molecule has 0 aliphatic rings. The number of amides is 2. The van der Waals surface area contributed by atoms with E-state index in [4.69, 9.17) is 0 Å². The number of likely N-dealkylation sites (N-methyl/N-ethyl adjacent to an activating group) is 1. The number of nitrogens with zero attached hydrogens (tertiary/aromatic N) is 1. The summed E-state index contributed by atoms with van der Waals surface area (Å²) in [6.45, 7) is 3.96. The summed E-state index contributed by atoms with van der Waals surface area (Å²) in [6.07, 6.45) is 0. The van der Waals surface area contributed by atoms with Gasteiger partial charge in [0.05, 0.1) is 6.54 Å². The van der Waals surface area contributed by atoms with Crippen molar-refractivity contribution in [3.63, 3.8) is 0 Å². The quantitative estimate of drug-likeness (QED) is 0.771. The van der Waals surface area contributed by atoms with Crippen molar-refractivity contribution in [2.45, 2.75) is 13.8 Å².